The molecule has 22 heavy (non-hydrogen) atoms. The summed E-state index contributed by atoms with van der Waals surface area (Å²) in [4.78, 5) is 21.6. The first-order valence-electron chi connectivity index (χ1n) is 7.55. The van der Waals surface area contributed by atoms with Crippen LogP contribution >= 0.6 is 0 Å². The fourth-order valence-corrected chi connectivity index (χ4v) is 1.92. The molecular weight excluding hydrogens is 282 g/mol. The molecule has 0 aliphatic carbocycles. The first-order valence-corrected chi connectivity index (χ1v) is 7.55. The van der Waals surface area contributed by atoms with Gasteiger partial charge in [0, 0.05) is 5.69 Å². The predicted octanol–water partition coefficient (Wildman–Crippen LogP) is 3.92. The molecule has 0 heterocycles. The molecule has 1 aromatic rings. The summed E-state index contributed by atoms with van der Waals surface area (Å²) in [7, 11) is 0. The molecule has 0 saturated carbocycles. The quantitative estimate of drug-likeness (QED) is 0.584. The van der Waals surface area contributed by atoms with Gasteiger partial charge < -0.3 is 9.47 Å². The van der Waals surface area contributed by atoms with Crippen LogP contribution < -0.4 is 5.32 Å². The Hall–Kier alpha value is -2.04. The molecule has 0 fully saturated rings. The van der Waals surface area contributed by atoms with E-state index in [1.165, 1.54) is 5.56 Å². The number of nitrogens with one attached hydrogen (secondary N) is 1. The molecule has 0 saturated heterocycles. The summed E-state index contributed by atoms with van der Waals surface area (Å²) in [6, 6.07) is 7.73. The summed E-state index contributed by atoms with van der Waals surface area (Å²) < 4.78 is 9.84. The largest absolute Gasteiger partial charge is 0.468 e. The van der Waals surface area contributed by atoms with Crippen molar-refractivity contribution in [1.29, 1.82) is 0 Å². The molecule has 1 amide bonds. The molecule has 1 N–H and O–H groups in total. The van der Waals surface area contributed by atoms with E-state index in [9.17, 15) is 9.59 Å². The van der Waals surface area contributed by atoms with Crippen molar-refractivity contribution in [3.05, 3.63) is 29.8 Å². The monoisotopic (exact) mass is 307 g/mol. The summed E-state index contributed by atoms with van der Waals surface area (Å²) in [5.74, 6) is 0. The number of amides is 1. The van der Waals surface area contributed by atoms with Crippen molar-refractivity contribution in [2.75, 3.05) is 11.9 Å². The van der Waals surface area contributed by atoms with E-state index >= 15 is 0 Å². The standard InChI is InChI=1S/C17H25NO4/c1-17(2,3)22-16(20)18-15-10-8-14(9-11-15)7-5-4-6-12-21-13-19/h8-11,13H,4-7,12H2,1-3H3,(H,18,20). The topological polar surface area (TPSA) is 64.6 Å². The van der Waals surface area contributed by atoms with Crippen molar-refractivity contribution in [2.24, 2.45) is 0 Å². The van der Waals surface area contributed by atoms with Crippen molar-refractivity contribution in [2.45, 2.75) is 52.1 Å². The van der Waals surface area contributed by atoms with Crippen LogP contribution in [-0.4, -0.2) is 24.8 Å². The summed E-state index contributed by atoms with van der Waals surface area (Å²) in [5.41, 5.74) is 1.43. The van der Waals surface area contributed by atoms with E-state index in [1.807, 2.05) is 45.0 Å². The molecule has 0 atom stereocenters. The molecule has 0 aromatic heterocycles. The number of hydrogen-bond acceptors (Lipinski definition) is 4. The number of unbranched alkanes of at least 4 members (excludes halogenated alkanes) is 2. The summed E-state index contributed by atoms with van der Waals surface area (Å²) in [6.07, 6.45) is 3.47. The fraction of sp³-hybridized carbons (Fsp3) is 0.529. The van der Waals surface area contributed by atoms with Gasteiger partial charge in [0.05, 0.1) is 6.61 Å². The van der Waals surface area contributed by atoms with Crippen LogP contribution in [0.2, 0.25) is 0 Å². The lowest BCUT2D eigenvalue weighted by Gasteiger charge is -2.19. The molecule has 1 rings (SSSR count). The van der Waals surface area contributed by atoms with E-state index in [-0.39, 0.29) is 0 Å². The van der Waals surface area contributed by atoms with Crippen LogP contribution in [0, 0.1) is 0 Å². The van der Waals surface area contributed by atoms with Crippen molar-refractivity contribution in [1.82, 2.24) is 0 Å². The zero-order chi connectivity index (χ0) is 16.4. The maximum atomic E-state index is 11.6. The minimum Gasteiger partial charge on any atom is -0.468 e. The van der Waals surface area contributed by atoms with Crippen molar-refractivity contribution < 1.29 is 19.1 Å². The van der Waals surface area contributed by atoms with Crippen molar-refractivity contribution in [3.8, 4) is 0 Å². The lowest BCUT2D eigenvalue weighted by Crippen LogP contribution is -2.27. The predicted molar refractivity (Wildman–Crippen MR) is 85.9 cm³/mol. The van der Waals surface area contributed by atoms with E-state index in [1.54, 1.807) is 0 Å². The number of ether oxygens (including phenoxy) is 2. The Labute approximate surface area is 132 Å². The number of anilines is 1. The van der Waals surface area contributed by atoms with Gasteiger partial charge in [0.15, 0.2) is 0 Å². The zero-order valence-corrected chi connectivity index (χ0v) is 13.6. The number of carbonyl (C=O) groups is 2. The van der Waals surface area contributed by atoms with Gasteiger partial charge in [-0.05, 0) is 64.2 Å². The minimum atomic E-state index is -0.502. The van der Waals surface area contributed by atoms with Gasteiger partial charge in [-0.2, -0.15) is 0 Å². The van der Waals surface area contributed by atoms with E-state index in [0.29, 0.717) is 13.1 Å². The number of rotatable bonds is 8. The van der Waals surface area contributed by atoms with Crippen molar-refractivity contribution >= 4 is 18.3 Å². The van der Waals surface area contributed by atoms with Gasteiger partial charge in [-0.25, -0.2) is 4.79 Å². The highest BCUT2D eigenvalue weighted by molar-refractivity contribution is 5.84. The molecule has 0 unspecified atom stereocenters. The second-order valence-corrected chi connectivity index (χ2v) is 6.10. The third kappa shape index (κ3) is 8.29. The van der Waals surface area contributed by atoms with Gasteiger partial charge in [-0.3, -0.25) is 10.1 Å². The van der Waals surface area contributed by atoms with E-state index < -0.39 is 11.7 Å². The fourth-order valence-electron chi connectivity index (χ4n) is 1.92. The maximum Gasteiger partial charge on any atom is 0.412 e. The third-order valence-electron chi connectivity index (χ3n) is 2.89. The van der Waals surface area contributed by atoms with Crippen LogP contribution in [0.15, 0.2) is 24.3 Å². The minimum absolute atomic E-state index is 0.449. The Morgan fingerprint density at radius 2 is 1.82 bits per heavy atom. The Morgan fingerprint density at radius 3 is 2.41 bits per heavy atom. The summed E-state index contributed by atoms with van der Waals surface area (Å²) >= 11 is 0. The highest BCUT2D eigenvalue weighted by Gasteiger charge is 2.15. The molecule has 5 heteroatoms. The summed E-state index contributed by atoms with van der Waals surface area (Å²) in [6.45, 7) is 6.46. The molecular formula is C17H25NO4. The third-order valence-corrected chi connectivity index (χ3v) is 2.89. The number of benzene rings is 1. The van der Waals surface area contributed by atoms with Gasteiger partial charge in [0.2, 0.25) is 0 Å². The number of hydrogen-bond donors (Lipinski definition) is 1. The van der Waals surface area contributed by atoms with Crippen LogP contribution in [0.4, 0.5) is 10.5 Å². The van der Waals surface area contributed by atoms with Gasteiger partial charge in [0.25, 0.3) is 6.47 Å². The van der Waals surface area contributed by atoms with E-state index in [0.717, 1.165) is 31.4 Å². The first kappa shape index (κ1) is 18.0. The molecule has 0 spiro atoms. The zero-order valence-electron chi connectivity index (χ0n) is 13.6. The van der Waals surface area contributed by atoms with Crippen LogP contribution in [0.25, 0.3) is 0 Å². The maximum absolute atomic E-state index is 11.6. The summed E-state index contributed by atoms with van der Waals surface area (Å²) in [5, 5.41) is 2.71. The number of aryl methyl sites for hydroxylation is 1. The van der Waals surface area contributed by atoms with Gasteiger partial charge in [-0.15, -0.1) is 0 Å². The smallest absolute Gasteiger partial charge is 0.412 e. The number of carbonyl (C=O) groups excluding carboxylic acids is 2. The molecule has 0 bridgehead atoms. The van der Waals surface area contributed by atoms with Crippen molar-refractivity contribution in [3.63, 3.8) is 0 Å². The molecule has 122 valence electrons. The Morgan fingerprint density at radius 1 is 1.14 bits per heavy atom. The van der Waals surface area contributed by atoms with Gasteiger partial charge in [0.1, 0.15) is 5.60 Å². The van der Waals surface area contributed by atoms with Crippen LogP contribution in [0.1, 0.15) is 45.6 Å². The highest BCUT2D eigenvalue weighted by atomic mass is 16.6. The molecule has 5 nitrogen and oxygen atoms in total. The Bertz CT molecular complexity index is 463. The average molecular weight is 307 g/mol. The average Bonchev–Trinajstić information content (AvgIpc) is 2.42. The normalized spacial score (nSPS) is 10.9. The van der Waals surface area contributed by atoms with Crippen LogP contribution in [-0.2, 0) is 20.7 Å². The highest BCUT2D eigenvalue weighted by Crippen LogP contribution is 2.14. The Balaban J connectivity index is 2.30. The lowest BCUT2D eigenvalue weighted by molar-refractivity contribution is -0.128. The van der Waals surface area contributed by atoms with E-state index in [4.69, 9.17) is 4.74 Å². The second kappa shape index (κ2) is 9.07. The van der Waals surface area contributed by atoms with Crippen LogP contribution in [0.5, 0.6) is 0 Å². The molecule has 0 aliphatic rings. The second-order valence-electron chi connectivity index (χ2n) is 6.10. The van der Waals surface area contributed by atoms with Gasteiger partial charge >= 0.3 is 6.09 Å². The molecule has 0 radical (unpaired) electrons. The van der Waals surface area contributed by atoms with Gasteiger partial charge in [-0.1, -0.05) is 12.1 Å². The van der Waals surface area contributed by atoms with E-state index in [2.05, 4.69) is 10.1 Å². The SMILES string of the molecule is CC(C)(C)OC(=O)Nc1ccc(CCCCCOC=O)cc1. The first-order chi connectivity index (χ1) is 10.4. The Kier molecular flexibility index (Phi) is 7.43. The molecule has 0 aliphatic heterocycles. The molecule has 1 aromatic carbocycles. The van der Waals surface area contributed by atoms with Crippen LogP contribution in [0.3, 0.4) is 0 Å². The lowest BCUT2D eigenvalue weighted by atomic mass is 10.1.